The number of ether oxygens (including phenoxy) is 1. The van der Waals surface area contributed by atoms with Crippen molar-refractivity contribution in [3.63, 3.8) is 0 Å². The molecule has 192 valence electrons. The predicted octanol–water partition coefficient (Wildman–Crippen LogP) is 3.64. The van der Waals surface area contributed by atoms with Crippen LogP contribution >= 0.6 is 0 Å². The number of β-amino-alcohol motifs (C(OH)–C–C–N with tert-alkyl or cyclic N) is 1. The Kier molecular flexibility index (Phi) is 5.68. The van der Waals surface area contributed by atoms with E-state index in [0.717, 1.165) is 24.8 Å². The normalized spacial score (nSPS) is 24.9. The minimum atomic E-state index is -0.975. The maximum atomic E-state index is 12.8. The number of amides is 1. The molecule has 0 bridgehead atoms. The number of oxazole rings is 1. The molecule has 36 heavy (non-hydrogen) atoms. The van der Waals surface area contributed by atoms with Crippen LogP contribution in [0.5, 0.6) is 11.5 Å². The fourth-order valence-corrected chi connectivity index (χ4v) is 5.90. The van der Waals surface area contributed by atoms with Gasteiger partial charge >= 0.3 is 5.76 Å². The van der Waals surface area contributed by atoms with Crippen LogP contribution < -0.4 is 21.1 Å². The Bertz CT molecular complexity index is 1390. The van der Waals surface area contributed by atoms with Crippen LogP contribution in [0.15, 0.2) is 45.6 Å². The fraction of sp³-hybridized carbons (Fsp3) is 0.481. The lowest BCUT2D eigenvalue weighted by atomic mass is 9.70. The lowest BCUT2D eigenvalue weighted by Gasteiger charge is -2.44. The molecule has 2 heterocycles. The summed E-state index contributed by atoms with van der Waals surface area (Å²) < 4.78 is 12.9. The molecule has 3 aromatic rings. The van der Waals surface area contributed by atoms with Crippen molar-refractivity contribution in [1.82, 2.24) is 9.88 Å². The van der Waals surface area contributed by atoms with Crippen molar-refractivity contribution >= 4 is 22.7 Å². The molecule has 2 aliphatic rings. The monoisotopic (exact) mass is 495 g/mol. The quantitative estimate of drug-likeness (QED) is 0.411. The van der Waals surface area contributed by atoms with Gasteiger partial charge in [0.1, 0.15) is 11.5 Å². The van der Waals surface area contributed by atoms with E-state index in [-0.39, 0.29) is 36.0 Å². The van der Waals surface area contributed by atoms with E-state index in [2.05, 4.69) is 38.3 Å². The fourth-order valence-electron chi connectivity index (χ4n) is 5.90. The van der Waals surface area contributed by atoms with E-state index in [0.29, 0.717) is 22.6 Å². The number of nitrogens with one attached hydrogen (secondary N) is 2. The molecular weight excluding hydrogens is 462 g/mol. The summed E-state index contributed by atoms with van der Waals surface area (Å²) in [6.07, 6.45) is 1.46. The molecule has 9 nitrogen and oxygen atoms in total. The van der Waals surface area contributed by atoms with Crippen molar-refractivity contribution in [2.24, 2.45) is 5.41 Å². The molecule has 9 heteroatoms. The minimum Gasteiger partial charge on any atom is -0.508 e. The van der Waals surface area contributed by atoms with E-state index in [1.54, 1.807) is 4.57 Å². The van der Waals surface area contributed by atoms with Crippen molar-refractivity contribution in [3.8, 4) is 11.5 Å². The number of fused-ring (bicyclic) bond motifs is 2. The zero-order valence-corrected chi connectivity index (χ0v) is 21.1. The van der Waals surface area contributed by atoms with Gasteiger partial charge < -0.3 is 30.0 Å². The smallest absolute Gasteiger partial charge is 0.420 e. The summed E-state index contributed by atoms with van der Waals surface area (Å²) >= 11 is 0. The molecule has 1 aromatic heterocycles. The average molecular weight is 496 g/mol. The number of phenolic OH excluding ortho intramolecular Hbond substituents is 1. The first-order valence-electron chi connectivity index (χ1n) is 12.3. The molecule has 1 aliphatic heterocycles. The first kappa shape index (κ1) is 24.4. The van der Waals surface area contributed by atoms with Gasteiger partial charge in [-0.15, -0.1) is 0 Å². The number of hydrogen-bond donors (Lipinski definition) is 4. The van der Waals surface area contributed by atoms with Gasteiger partial charge in [-0.25, -0.2) is 4.79 Å². The van der Waals surface area contributed by atoms with E-state index in [1.165, 1.54) is 12.1 Å². The number of anilines is 1. The number of nitrogens with zero attached hydrogens (tertiary/aromatic N) is 1. The summed E-state index contributed by atoms with van der Waals surface area (Å²) in [7, 11) is 0. The predicted molar refractivity (Wildman–Crippen MR) is 135 cm³/mol. The first-order valence-corrected chi connectivity index (χ1v) is 12.3. The van der Waals surface area contributed by atoms with E-state index in [4.69, 9.17) is 9.15 Å². The van der Waals surface area contributed by atoms with Crippen LogP contribution in [-0.4, -0.2) is 39.4 Å². The van der Waals surface area contributed by atoms with Gasteiger partial charge in [0.15, 0.2) is 12.2 Å². The van der Waals surface area contributed by atoms with E-state index >= 15 is 0 Å². The highest BCUT2D eigenvalue weighted by molar-refractivity contribution is 5.96. The van der Waals surface area contributed by atoms with E-state index in [1.807, 2.05) is 24.3 Å². The van der Waals surface area contributed by atoms with Crippen molar-refractivity contribution in [2.45, 2.75) is 64.1 Å². The molecule has 4 N–H and O–H groups in total. The summed E-state index contributed by atoms with van der Waals surface area (Å²) in [6, 6.07) is 10.4. The van der Waals surface area contributed by atoms with Crippen molar-refractivity contribution in [3.05, 3.63) is 52.5 Å². The number of para-hydroxylation sites is 2. The summed E-state index contributed by atoms with van der Waals surface area (Å²) in [5.41, 5.74) is 1.14. The third-order valence-electron chi connectivity index (χ3n) is 8.34. The van der Waals surface area contributed by atoms with Gasteiger partial charge in [0, 0.05) is 29.3 Å². The number of phenols is 1. The molecule has 1 amide bonds. The number of benzene rings is 2. The number of carbonyl (C=O) groups excluding carboxylic acids is 1. The standard InChI is InChI=1S/C27H33N3O6/c1-25(2,28-13-20(32)17-11-16(31)12-18-23(17)35-14-22(33)29-18)26(3)9-10-27(4,15-26)30-19-7-5-6-8-21(19)36-24(30)34/h5-8,11-12,20,28,31-32H,9-10,13-15H2,1-4H3,(H,29,33). The van der Waals surface area contributed by atoms with E-state index in [9.17, 15) is 19.8 Å². The number of aliphatic hydroxyl groups excluding tert-OH is 1. The Morgan fingerprint density at radius 3 is 2.72 bits per heavy atom. The van der Waals surface area contributed by atoms with Gasteiger partial charge in [-0.3, -0.25) is 9.36 Å². The van der Waals surface area contributed by atoms with Gasteiger partial charge in [-0.05, 0) is 63.6 Å². The minimum absolute atomic E-state index is 0.0656. The Morgan fingerprint density at radius 1 is 1.19 bits per heavy atom. The van der Waals surface area contributed by atoms with Gasteiger partial charge in [-0.2, -0.15) is 0 Å². The Balaban J connectivity index is 1.35. The maximum Gasteiger partial charge on any atom is 0.420 e. The molecule has 5 rings (SSSR count). The van der Waals surface area contributed by atoms with Gasteiger partial charge in [0.25, 0.3) is 5.91 Å². The van der Waals surface area contributed by atoms with Gasteiger partial charge in [0.05, 0.1) is 17.3 Å². The molecule has 3 unspecified atom stereocenters. The van der Waals surface area contributed by atoms with Crippen LogP contribution in [0.1, 0.15) is 58.6 Å². The van der Waals surface area contributed by atoms with Crippen LogP contribution in [0.25, 0.3) is 11.1 Å². The van der Waals surface area contributed by atoms with Crippen LogP contribution in [0.2, 0.25) is 0 Å². The summed E-state index contributed by atoms with van der Waals surface area (Å²) in [6.45, 7) is 8.60. The molecule has 3 atom stereocenters. The number of aliphatic hydroxyl groups is 1. The number of carbonyl (C=O) groups is 1. The van der Waals surface area contributed by atoms with Crippen LogP contribution in [-0.2, 0) is 10.3 Å². The number of hydrogen-bond acceptors (Lipinski definition) is 7. The second-order valence-electron chi connectivity index (χ2n) is 11.2. The highest BCUT2D eigenvalue weighted by Gasteiger charge is 2.52. The molecule has 1 saturated carbocycles. The van der Waals surface area contributed by atoms with Gasteiger partial charge in [-0.1, -0.05) is 19.1 Å². The van der Waals surface area contributed by atoms with E-state index < -0.39 is 17.2 Å². The summed E-state index contributed by atoms with van der Waals surface area (Å²) in [5, 5.41) is 27.4. The third kappa shape index (κ3) is 3.96. The molecule has 1 fully saturated rings. The molecule has 0 radical (unpaired) electrons. The average Bonchev–Trinajstić information content (AvgIpc) is 3.33. The van der Waals surface area contributed by atoms with Crippen LogP contribution in [0.3, 0.4) is 0 Å². The van der Waals surface area contributed by atoms with Gasteiger partial charge in [0.2, 0.25) is 0 Å². The van der Waals surface area contributed by atoms with Crippen molar-refractivity contribution in [1.29, 1.82) is 0 Å². The Labute approximate surface area is 209 Å². The lowest BCUT2D eigenvalue weighted by molar-refractivity contribution is -0.118. The third-order valence-corrected chi connectivity index (χ3v) is 8.34. The van der Waals surface area contributed by atoms with Crippen molar-refractivity contribution in [2.75, 3.05) is 18.5 Å². The van der Waals surface area contributed by atoms with Crippen LogP contribution in [0.4, 0.5) is 5.69 Å². The molecular formula is C27H33N3O6. The Hall–Kier alpha value is -3.30. The second kappa shape index (κ2) is 8.38. The highest BCUT2D eigenvalue weighted by Crippen LogP contribution is 2.53. The molecule has 1 aliphatic carbocycles. The largest absolute Gasteiger partial charge is 0.508 e. The van der Waals surface area contributed by atoms with Crippen molar-refractivity contribution < 1.29 is 24.2 Å². The van der Waals surface area contributed by atoms with Crippen LogP contribution in [0, 0.1) is 5.41 Å². The number of rotatable bonds is 6. The molecule has 0 saturated heterocycles. The summed E-state index contributed by atoms with van der Waals surface area (Å²) in [5.74, 6) is -0.353. The second-order valence-corrected chi connectivity index (χ2v) is 11.2. The SMILES string of the molecule is CC1(n2c(=O)oc3ccccc32)CCC(C)(C(C)(C)NCC(O)c2cc(O)cc3c2OCC(=O)N3)C1. The zero-order chi connectivity index (χ0) is 25.9. The number of aromatic hydroxyl groups is 1. The number of aromatic nitrogens is 1. The Morgan fingerprint density at radius 2 is 1.94 bits per heavy atom. The lowest BCUT2D eigenvalue weighted by Crippen LogP contribution is -2.53. The topological polar surface area (TPSA) is 126 Å². The maximum absolute atomic E-state index is 12.8. The first-order chi connectivity index (χ1) is 16.9. The highest BCUT2D eigenvalue weighted by atomic mass is 16.5. The molecule has 0 spiro atoms. The molecule has 2 aromatic carbocycles. The summed E-state index contributed by atoms with van der Waals surface area (Å²) in [4.78, 5) is 24.5. The zero-order valence-electron chi connectivity index (χ0n) is 21.1.